The summed E-state index contributed by atoms with van der Waals surface area (Å²) in [6.07, 6.45) is 8.24. The molecule has 0 saturated carbocycles. The van der Waals surface area contributed by atoms with Gasteiger partial charge in [0.05, 0.1) is 5.60 Å². The normalized spacial score (nSPS) is 22.6. The third-order valence-corrected chi connectivity index (χ3v) is 6.72. The summed E-state index contributed by atoms with van der Waals surface area (Å²) in [7, 11) is 0. The first-order valence-electron chi connectivity index (χ1n) is 12.7. The van der Waals surface area contributed by atoms with Gasteiger partial charge in [0, 0.05) is 12.0 Å². The Morgan fingerprint density at radius 3 is 2.06 bits per heavy atom. The first-order chi connectivity index (χ1) is 14.9. The number of hydrogen-bond acceptors (Lipinski definition) is 1. The average molecular weight is 425 g/mol. The second-order valence-electron chi connectivity index (χ2n) is 8.96. The van der Waals surface area contributed by atoms with E-state index in [4.69, 9.17) is 4.74 Å². The maximum Gasteiger partial charge on any atom is 0.0660 e. The van der Waals surface area contributed by atoms with Gasteiger partial charge in [0.1, 0.15) is 0 Å². The lowest BCUT2D eigenvalue weighted by Crippen LogP contribution is -2.45. The SMILES string of the molecule is CC.CCCC1(c2ccccc2CC)CCOC(C)(CC)C1.CCc1ccc(C)cc1. The summed E-state index contributed by atoms with van der Waals surface area (Å²) in [5.41, 5.74) is 6.25. The molecular formula is C30H48O. The first-order valence-corrected chi connectivity index (χ1v) is 12.7. The summed E-state index contributed by atoms with van der Waals surface area (Å²) < 4.78 is 6.11. The van der Waals surface area contributed by atoms with E-state index in [1.165, 1.54) is 42.4 Å². The highest BCUT2D eigenvalue weighted by Gasteiger charge is 2.43. The molecule has 0 N–H and O–H groups in total. The van der Waals surface area contributed by atoms with E-state index >= 15 is 0 Å². The molecule has 174 valence electrons. The zero-order valence-electron chi connectivity index (χ0n) is 21.7. The van der Waals surface area contributed by atoms with Crippen LogP contribution in [0.5, 0.6) is 0 Å². The van der Waals surface area contributed by atoms with E-state index in [2.05, 4.69) is 90.1 Å². The van der Waals surface area contributed by atoms with Gasteiger partial charge in [-0.05, 0) is 69.1 Å². The van der Waals surface area contributed by atoms with Crippen LogP contribution in [0, 0.1) is 6.92 Å². The van der Waals surface area contributed by atoms with Gasteiger partial charge in [-0.2, -0.15) is 0 Å². The van der Waals surface area contributed by atoms with E-state index in [0.29, 0.717) is 5.41 Å². The van der Waals surface area contributed by atoms with Crippen molar-refractivity contribution < 1.29 is 4.74 Å². The van der Waals surface area contributed by atoms with Gasteiger partial charge in [-0.15, -0.1) is 0 Å². The minimum atomic E-state index is 0.0499. The van der Waals surface area contributed by atoms with Gasteiger partial charge in [0.15, 0.2) is 0 Å². The molecule has 2 atom stereocenters. The predicted molar refractivity (Wildman–Crippen MR) is 138 cm³/mol. The summed E-state index contributed by atoms with van der Waals surface area (Å²) in [5.74, 6) is 0. The number of hydrogen-bond donors (Lipinski definition) is 0. The van der Waals surface area contributed by atoms with Crippen molar-refractivity contribution in [1.29, 1.82) is 0 Å². The summed E-state index contributed by atoms with van der Waals surface area (Å²) in [4.78, 5) is 0. The molecule has 1 fully saturated rings. The molecule has 1 saturated heterocycles. The maximum absolute atomic E-state index is 6.11. The minimum Gasteiger partial charge on any atom is -0.375 e. The highest BCUT2D eigenvalue weighted by Crippen LogP contribution is 2.47. The molecule has 0 aromatic heterocycles. The highest BCUT2D eigenvalue weighted by molar-refractivity contribution is 5.35. The Hall–Kier alpha value is -1.60. The molecule has 1 heteroatoms. The zero-order valence-corrected chi connectivity index (χ0v) is 21.7. The van der Waals surface area contributed by atoms with Crippen LogP contribution < -0.4 is 0 Å². The molecule has 2 unspecified atom stereocenters. The van der Waals surface area contributed by atoms with Crippen LogP contribution in [-0.4, -0.2) is 12.2 Å². The monoisotopic (exact) mass is 424 g/mol. The predicted octanol–water partition coefficient (Wildman–Crippen LogP) is 8.85. The van der Waals surface area contributed by atoms with Crippen molar-refractivity contribution in [1.82, 2.24) is 0 Å². The summed E-state index contributed by atoms with van der Waals surface area (Å²) in [6.45, 7) is 18.3. The molecule has 1 heterocycles. The molecule has 1 aliphatic heterocycles. The van der Waals surface area contributed by atoms with Gasteiger partial charge >= 0.3 is 0 Å². The Kier molecular flexibility index (Phi) is 12.2. The van der Waals surface area contributed by atoms with Crippen molar-refractivity contribution in [2.75, 3.05) is 6.61 Å². The molecular weight excluding hydrogens is 376 g/mol. The van der Waals surface area contributed by atoms with Crippen LogP contribution in [0.3, 0.4) is 0 Å². The van der Waals surface area contributed by atoms with Crippen molar-refractivity contribution in [3.63, 3.8) is 0 Å². The Balaban J connectivity index is 0.000000365. The van der Waals surface area contributed by atoms with E-state index in [1.54, 1.807) is 5.56 Å². The van der Waals surface area contributed by atoms with Gasteiger partial charge in [0.25, 0.3) is 0 Å². The van der Waals surface area contributed by atoms with E-state index in [-0.39, 0.29) is 5.60 Å². The van der Waals surface area contributed by atoms with Crippen LogP contribution in [0.15, 0.2) is 48.5 Å². The van der Waals surface area contributed by atoms with E-state index in [0.717, 1.165) is 25.9 Å². The van der Waals surface area contributed by atoms with Crippen LogP contribution in [0.25, 0.3) is 0 Å². The Bertz CT molecular complexity index is 728. The summed E-state index contributed by atoms with van der Waals surface area (Å²) >= 11 is 0. The van der Waals surface area contributed by atoms with E-state index < -0.39 is 0 Å². The standard InChI is InChI=1S/C19H30O.C9H12.C2H6/c1-5-12-19(13-14-20-18(4,7-3)15-19)17-11-9-8-10-16(17)6-2;1-3-9-6-4-8(2)5-7-9;1-2/h8-11H,5-7,12-15H2,1-4H3;4-7H,3H2,1-2H3;1-2H3. The molecule has 0 bridgehead atoms. The smallest absolute Gasteiger partial charge is 0.0660 e. The molecule has 3 rings (SSSR count). The van der Waals surface area contributed by atoms with Crippen molar-refractivity contribution in [2.45, 2.75) is 111 Å². The molecule has 0 amide bonds. The molecule has 1 aliphatic rings. The van der Waals surface area contributed by atoms with Crippen LogP contribution >= 0.6 is 0 Å². The quantitative estimate of drug-likeness (QED) is 0.450. The largest absolute Gasteiger partial charge is 0.375 e. The number of ether oxygens (including phenoxy) is 1. The fourth-order valence-electron chi connectivity index (χ4n) is 4.80. The Morgan fingerprint density at radius 2 is 1.52 bits per heavy atom. The van der Waals surface area contributed by atoms with Gasteiger partial charge in [-0.1, -0.05) is 102 Å². The topological polar surface area (TPSA) is 9.23 Å². The first kappa shape index (κ1) is 27.4. The molecule has 1 nitrogen and oxygen atoms in total. The van der Waals surface area contributed by atoms with Crippen LogP contribution in [0.2, 0.25) is 0 Å². The highest BCUT2D eigenvalue weighted by atomic mass is 16.5. The Labute approximate surface area is 193 Å². The molecule has 0 radical (unpaired) electrons. The molecule has 2 aromatic carbocycles. The minimum absolute atomic E-state index is 0.0499. The number of benzene rings is 2. The second-order valence-corrected chi connectivity index (χ2v) is 8.96. The fourth-order valence-corrected chi connectivity index (χ4v) is 4.80. The second kappa shape index (κ2) is 13.7. The van der Waals surface area contributed by atoms with Gasteiger partial charge in [-0.3, -0.25) is 0 Å². The lowest BCUT2D eigenvalue weighted by atomic mass is 9.65. The third-order valence-electron chi connectivity index (χ3n) is 6.72. The van der Waals surface area contributed by atoms with Gasteiger partial charge < -0.3 is 4.74 Å². The zero-order chi connectivity index (χ0) is 23.3. The lowest BCUT2D eigenvalue weighted by Gasteiger charge is -2.47. The molecule has 0 aliphatic carbocycles. The van der Waals surface area contributed by atoms with Crippen molar-refractivity contribution >= 4 is 0 Å². The maximum atomic E-state index is 6.11. The van der Waals surface area contributed by atoms with E-state index in [1.807, 2.05) is 13.8 Å². The lowest BCUT2D eigenvalue weighted by molar-refractivity contribution is -0.0983. The van der Waals surface area contributed by atoms with E-state index in [9.17, 15) is 0 Å². The molecule has 2 aromatic rings. The van der Waals surface area contributed by atoms with Crippen LogP contribution in [0.4, 0.5) is 0 Å². The number of aryl methyl sites for hydroxylation is 3. The Morgan fingerprint density at radius 1 is 0.871 bits per heavy atom. The third kappa shape index (κ3) is 7.79. The average Bonchev–Trinajstić information content (AvgIpc) is 2.81. The van der Waals surface area contributed by atoms with Crippen LogP contribution in [0.1, 0.15) is 103 Å². The molecule has 0 spiro atoms. The summed E-state index contributed by atoms with van der Waals surface area (Å²) in [6, 6.07) is 17.7. The van der Waals surface area contributed by atoms with Gasteiger partial charge in [-0.25, -0.2) is 0 Å². The number of rotatable bonds is 6. The van der Waals surface area contributed by atoms with Gasteiger partial charge in [0.2, 0.25) is 0 Å². The van der Waals surface area contributed by atoms with Crippen molar-refractivity contribution in [3.05, 3.63) is 70.8 Å². The molecule has 31 heavy (non-hydrogen) atoms. The van der Waals surface area contributed by atoms with Crippen molar-refractivity contribution in [3.8, 4) is 0 Å². The van der Waals surface area contributed by atoms with Crippen molar-refractivity contribution in [2.24, 2.45) is 0 Å². The fraction of sp³-hybridized carbons (Fsp3) is 0.600. The van der Waals surface area contributed by atoms with Crippen LogP contribution in [-0.2, 0) is 23.0 Å². The summed E-state index contributed by atoms with van der Waals surface area (Å²) in [5, 5.41) is 0.